The van der Waals surface area contributed by atoms with Crippen molar-refractivity contribution in [3.8, 4) is 28.6 Å². The van der Waals surface area contributed by atoms with Gasteiger partial charge in [-0.15, -0.1) is 0 Å². The Morgan fingerprint density at radius 3 is 1.62 bits per heavy atom. The summed E-state index contributed by atoms with van der Waals surface area (Å²) in [5.41, 5.74) is 4.98. The number of rotatable bonds is 12. The van der Waals surface area contributed by atoms with Crippen LogP contribution in [0.5, 0.6) is 17.2 Å². The molecule has 0 unspecified atom stereocenters. The highest BCUT2D eigenvalue weighted by molar-refractivity contribution is 5.83. The van der Waals surface area contributed by atoms with Crippen LogP contribution in [-0.2, 0) is 4.79 Å². The first-order valence-electron chi connectivity index (χ1n) is 20.2. The molecule has 1 N–H and O–H groups in total. The first-order chi connectivity index (χ1) is 29.4. The van der Waals surface area contributed by atoms with Gasteiger partial charge in [0.1, 0.15) is 41.1 Å². The molecule has 8 rings (SSSR count). The largest absolute Gasteiger partial charge is 0.497 e. The number of hydrogen-bond donors (Lipinski definition) is 1. The fraction of sp³-hybridized carbons (Fsp3) is 0.220. The third-order valence-corrected chi connectivity index (χ3v) is 10.2. The Morgan fingerprint density at radius 2 is 1.15 bits per heavy atom. The molecule has 0 fully saturated rings. The molecular formula is C50H49F2N5O4. The Morgan fingerprint density at radius 1 is 0.656 bits per heavy atom. The minimum Gasteiger partial charge on any atom is -0.497 e. The van der Waals surface area contributed by atoms with Crippen molar-refractivity contribution in [2.45, 2.75) is 59.3 Å². The van der Waals surface area contributed by atoms with Gasteiger partial charge in [0, 0.05) is 16.2 Å². The normalized spacial score (nSPS) is 12.9. The van der Waals surface area contributed by atoms with Gasteiger partial charge < -0.3 is 19.5 Å². The summed E-state index contributed by atoms with van der Waals surface area (Å²) in [5.74, 6) is 1.60. The zero-order chi connectivity index (χ0) is 43.1. The van der Waals surface area contributed by atoms with Crippen LogP contribution in [0.2, 0.25) is 0 Å². The smallest absolute Gasteiger partial charge is 0.225 e. The molecule has 0 bridgehead atoms. The molecule has 0 aliphatic heterocycles. The zero-order valence-corrected chi connectivity index (χ0v) is 35.1. The molecule has 0 saturated heterocycles. The van der Waals surface area contributed by atoms with E-state index in [-0.39, 0.29) is 29.7 Å². The number of carbonyl (C=O) groups is 1. The molecule has 8 aromatic rings. The maximum absolute atomic E-state index is 13.3. The summed E-state index contributed by atoms with van der Waals surface area (Å²) < 4.78 is 48.0. The number of amides is 1. The first-order valence-corrected chi connectivity index (χ1v) is 20.2. The number of hydrogen-bond acceptors (Lipinski definition) is 6. The van der Waals surface area contributed by atoms with Gasteiger partial charge in [-0.25, -0.2) is 18.1 Å². The summed E-state index contributed by atoms with van der Waals surface area (Å²) in [5, 5.41) is 13.8. The quantitative estimate of drug-likeness (QED) is 0.132. The fourth-order valence-corrected chi connectivity index (χ4v) is 6.86. The number of fused-ring (bicyclic) bond motifs is 2. The number of ether oxygens (including phenoxy) is 3. The summed E-state index contributed by atoms with van der Waals surface area (Å²) in [6.07, 6.45) is 4.02. The Hall–Kier alpha value is -7.01. The van der Waals surface area contributed by atoms with E-state index in [1.54, 1.807) is 53.1 Å². The second-order valence-electron chi connectivity index (χ2n) is 15.8. The molecule has 0 aliphatic rings. The highest BCUT2D eigenvalue weighted by Crippen LogP contribution is 2.32. The van der Waals surface area contributed by atoms with E-state index in [2.05, 4.69) is 34.6 Å². The summed E-state index contributed by atoms with van der Waals surface area (Å²) in [4.78, 5) is 12.7. The molecule has 9 nitrogen and oxygen atoms in total. The van der Waals surface area contributed by atoms with Gasteiger partial charge in [-0.05, 0) is 122 Å². The van der Waals surface area contributed by atoms with Crippen molar-refractivity contribution in [2.24, 2.45) is 5.41 Å². The molecule has 0 aliphatic carbocycles. The molecular weight excluding hydrogens is 773 g/mol. The van der Waals surface area contributed by atoms with Crippen LogP contribution >= 0.6 is 0 Å². The Kier molecular flexibility index (Phi) is 12.8. The van der Waals surface area contributed by atoms with Crippen LogP contribution in [0.15, 0.2) is 152 Å². The number of nitrogens with zero attached hydrogens (tertiary/aromatic N) is 4. The van der Waals surface area contributed by atoms with Crippen molar-refractivity contribution in [3.63, 3.8) is 0 Å². The molecule has 0 spiro atoms. The summed E-state index contributed by atoms with van der Waals surface area (Å²) in [6, 6.07) is 41.7. The van der Waals surface area contributed by atoms with Crippen LogP contribution < -0.4 is 19.5 Å². The maximum Gasteiger partial charge on any atom is 0.225 e. The predicted molar refractivity (Wildman–Crippen MR) is 236 cm³/mol. The third-order valence-electron chi connectivity index (χ3n) is 10.2. The Labute approximate surface area is 354 Å². The molecule has 312 valence electrons. The first kappa shape index (κ1) is 42.1. The molecule has 61 heavy (non-hydrogen) atoms. The molecule has 6 aromatic carbocycles. The lowest BCUT2D eigenvalue weighted by Crippen LogP contribution is -2.44. The van der Waals surface area contributed by atoms with Crippen molar-refractivity contribution in [2.75, 3.05) is 7.11 Å². The van der Waals surface area contributed by atoms with Crippen LogP contribution in [0.4, 0.5) is 8.78 Å². The molecule has 0 radical (unpaired) electrons. The van der Waals surface area contributed by atoms with Crippen LogP contribution in [0, 0.1) is 17.0 Å². The third kappa shape index (κ3) is 10.1. The molecule has 11 heteroatoms. The number of nitrogens with one attached hydrogen (secondary N) is 1. The summed E-state index contributed by atoms with van der Waals surface area (Å²) in [6.45, 7) is 9.69. The lowest BCUT2D eigenvalue weighted by atomic mass is 9.94. The van der Waals surface area contributed by atoms with Gasteiger partial charge in [-0.3, -0.25) is 4.79 Å². The SMILES string of the molecule is CC[C@H](Oc1ccc2c(cnn2-c2ccc(F)cc2)c1)c1ccccc1.COc1ccc([C@@H](Oc2ccc3c(cnn3-c3ccc(F)cc3)c2)[C@H](C)NC(=O)C(C)(C)C)cc1. The number of benzene rings is 6. The summed E-state index contributed by atoms with van der Waals surface area (Å²) in [7, 11) is 1.62. The van der Waals surface area contributed by atoms with E-state index in [1.165, 1.54) is 24.3 Å². The van der Waals surface area contributed by atoms with Gasteiger partial charge >= 0.3 is 0 Å². The van der Waals surface area contributed by atoms with E-state index in [0.29, 0.717) is 5.75 Å². The van der Waals surface area contributed by atoms with Crippen LogP contribution in [0.25, 0.3) is 33.2 Å². The Bertz CT molecular complexity index is 2690. The standard InChI is InChI=1S/C28H30FN3O3.C22H19FN2O/c1-18(31-27(33)28(2,3)4)26(19-6-12-23(34-5)13-7-19)35-24-14-15-25-20(16-24)17-30-32(25)22-10-8-21(29)9-11-22;1-2-22(16-6-4-3-5-7-16)26-20-12-13-21-17(14-20)15-24-25(21)19-10-8-18(23)9-11-19/h6-18,26H,1-5H3,(H,31,33);3-15,22H,2H2,1H3/t18-,26-;22-/m00/s1. The minimum atomic E-state index is -0.521. The van der Waals surface area contributed by atoms with Gasteiger partial charge in [-0.2, -0.15) is 10.2 Å². The van der Waals surface area contributed by atoms with Crippen LogP contribution in [0.1, 0.15) is 64.4 Å². The minimum absolute atomic E-state index is 0.0146. The maximum atomic E-state index is 13.3. The topological polar surface area (TPSA) is 92.4 Å². The average Bonchev–Trinajstić information content (AvgIpc) is 3.89. The van der Waals surface area contributed by atoms with Gasteiger partial charge in [0.25, 0.3) is 0 Å². The zero-order valence-electron chi connectivity index (χ0n) is 35.1. The highest BCUT2D eigenvalue weighted by Gasteiger charge is 2.28. The average molecular weight is 822 g/mol. The van der Waals surface area contributed by atoms with E-state index in [0.717, 1.165) is 62.2 Å². The van der Waals surface area contributed by atoms with E-state index >= 15 is 0 Å². The van der Waals surface area contributed by atoms with Crippen molar-refractivity contribution in [3.05, 3.63) is 175 Å². The number of aromatic nitrogens is 4. The van der Waals surface area contributed by atoms with Crippen molar-refractivity contribution in [1.82, 2.24) is 24.9 Å². The lowest BCUT2D eigenvalue weighted by Gasteiger charge is -2.29. The van der Waals surface area contributed by atoms with Crippen molar-refractivity contribution >= 4 is 27.7 Å². The van der Waals surface area contributed by atoms with Crippen LogP contribution in [0.3, 0.4) is 0 Å². The molecule has 1 amide bonds. The number of carbonyl (C=O) groups excluding carboxylic acids is 1. The fourth-order valence-electron chi connectivity index (χ4n) is 6.86. The summed E-state index contributed by atoms with van der Waals surface area (Å²) >= 11 is 0. The van der Waals surface area contributed by atoms with Gasteiger partial charge in [0.15, 0.2) is 0 Å². The predicted octanol–water partition coefficient (Wildman–Crippen LogP) is 11.5. The van der Waals surface area contributed by atoms with Crippen molar-refractivity contribution in [1.29, 1.82) is 0 Å². The van der Waals surface area contributed by atoms with E-state index in [4.69, 9.17) is 14.2 Å². The highest BCUT2D eigenvalue weighted by atomic mass is 19.1. The van der Waals surface area contributed by atoms with E-state index in [9.17, 15) is 13.6 Å². The van der Waals surface area contributed by atoms with Gasteiger partial charge in [0.05, 0.1) is 48.0 Å². The van der Waals surface area contributed by atoms with E-state index < -0.39 is 11.5 Å². The van der Waals surface area contributed by atoms with Crippen molar-refractivity contribution < 1.29 is 27.8 Å². The second kappa shape index (κ2) is 18.5. The monoisotopic (exact) mass is 821 g/mol. The van der Waals surface area contributed by atoms with E-state index in [1.807, 2.05) is 107 Å². The van der Waals surface area contributed by atoms with Crippen LogP contribution in [-0.4, -0.2) is 38.6 Å². The molecule has 0 saturated carbocycles. The van der Waals surface area contributed by atoms with Gasteiger partial charge in [0.2, 0.25) is 5.91 Å². The molecule has 2 aromatic heterocycles. The molecule has 2 heterocycles. The number of halogens is 2. The lowest BCUT2D eigenvalue weighted by molar-refractivity contribution is -0.129. The Balaban J connectivity index is 0.000000192. The number of methoxy groups -OCH3 is 1. The molecule has 3 atom stereocenters. The van der Waals surface area contributed by atoms with Gasteiger partial charge in [-0.1, -0.05) is 70.2 Å². The second-order valence-corrected chi connectivity index (χ2v) is 15.8.